The summed E-state index contributed by atoms with van der Waals surface area (Å²) in [5, 5.41) is 9.59. The molecule has 0 radical (unpaired) electrons. The van der Waals surface area contributed by atoms with Crippen LogP contribution in [0.5, 0.6) is 17.2 Å². The number of fused-ring (bicyclic) bond motifs is 1. The van der Waals surface area contributed by atoms with Crippen LogP contribution in [-0.2, 0) is 5.41 Å². The summed E-state index contributed by atoms with van der Waals surface area (Å²) in [6.45, 7) is 6.75. The van der Waals surface area contributed by atoms with Crippen molar-refractivity contribution in [2.75, 3.05) is 19.7 Å². The molecular formula is C28H27N3O4S. The molecule has 0 bridgehead atoms. The Morgan fingerprint density at radius 3 is 2.39 bits per heavy atom. The second-order valence-electron chi connectivity index (χ2n) is 9.45. The van der Waals surface area contributed by atoms with E-state index in [1.54, 1.807) is 31.4 Å². The molecule has 5 rings (SSSR count). The Morgan fingerprint density at radius 1 is 0.972 bits per heavy atom. The minimum absolute atomic E-state index is 0.000954. The van der Waals surface area contributed by atoms with Crippen molar-refractivity contribution in [3.63, 3.8) is 0 Å². The van der Waals surface area contributed by atoms with Crippen LogP contribution in [-0.4, -0.2) is 40.2 Å². The fraction of sp³-hybridized carbons (Fsp3) is 0.250. The topological polar surface area (TPSA) is 75.5 Å². The minimum Gasteiger partial charge on any atom is -0.497 e. The molecule has 0 atom stereocenters. The first-order chi connectivity index (χ1) is 17.3. The van der Waals surface area contributed by atoms with Crippen LogP contribution < -0.4 is 14.2 Å². The minimum atomic E-state index is -0.000954. The van der Waals surface area contributed by atoms with Gasteiger partial charge in [-0.3, -0.25) is 9.36 Å². The van der Waals surface area contributed by atoms with Gasteiger partial charge >= 0.3 is 0 Å². The molecule has 36 heavy (non-hydrogen) atoms. The van der Waals surface area contributed by atoms with Crippen molar-refractivity contribution in [3.8, 4) is 34.3 Å². The standard InChI is InChI=1S/C28H27N3O4S/c1-28(2,3)20-9-5-19(6-10-20)26-29-30-27(31(26)21-11-14-24-25(15-21)35-17-34-24)36-16-23(32)18-7-12-22(33-4)13-8-18/h5-15H,16-17H2,1-4H3. The van der Waals surface area contributed by atoms with Crippen LogP contribution in [0.15, 0.2) is 71.9 Å². The van der Waals surface area contributed by atoms with Gasteiger partial charge in [-0.1, -0.05) is 56.8 Å². The smallest absolute Gasteiger partial charge is 0.231 e. The number of hydrogen-bond acceptors (Lipinski definition) is 7. The number of benzene rings is 3. The fourth-order valence-electron chi connectivity index (χ4n) is 3.92. The first kappa shape index (κ1) is 23.9. The molecule has 0 saturated heterocycles. The van der Waals surface area contributed by atoms with Crippen LogP contribution in [0.25, 0.3) is 17.1 Å². The normalized spacial score (nSPS) is 12.6. The van der Waals surface area contributed by atoms with Gasteiger partial charge in [0.15, 0.2) is 28.3 Å². The summed E-state index contributed by atoms with van der Waals surface area (Å²) < 4.78 is 18.2. The third kappa shape index (κ3) is 4.81. The molecule has 0 aliphatic carbocycles. The van der Waals surface area contributed by atoms with Crippen LogP contribution in [0, 0.1) is 0 Å². The number of thioether (sulfide) groups is 1. The van der Waals surface area contributed by atoms with E-state index >= 15 is 0 Å². The Labute approximate surface area is 214 Å². The zero-order valence-corrected chi connectivity index (χ0v) is 21.5. The Balaban J connectivity index is 1.48. The highest BCUT2D eigenvalue weighted by atomic mass is 32.2. The average molecular weight is 502 g/mol. The summed E-state index contributed by atoms with van der Waals surface area (Å²) in [5.74, 6) is 2.99. The molecule has 0 fully saturated rings. The van der Waals surface area contributed by atoms with Crippen LogP contribution in [0.1, 0.15) is 36.7 Å². The maximum Gasteiger partial charge on any atom is 0.231 e. The fourth-order valence-corrected chi connectivity index (χ4v) is 4.76. The number of Topliss-reactive ketones (excluding diaryl/α,β-unsaturated/α-hetero) is 1. The highest BCUT2D eigenvalue weighted by Crippen LogP contribution is 2.37. The molecule has 1 aromatic heterocycles. The van der Waals surface area contributed by atoms with Crippen molar-refractivity contribution in [1.29, 1.82) is 0 Å². The molecule has 4 aromatic rings. The lowest BCUT2D eigenvalue weighted by atomic mass is 9.87. The summed E-state index contributed by atoms with van der Waals surface area (Å²) >= 11 is 1.35. The van der Waals surface area contributed by atoms with E-state index < -0.39 is 0 Å². The average Bonchev–Trinajstić information content (AvgIpc) is 3.53. The lowest BCUT2D eigenvalue weighted by Gasteiger charge is -2.19. The summed E-state index contributed by atoms with van der Waals surface area (Å²) in [5.41, 5.74) is 3.67. The highest BCUT2D eigenvalue weighted by Gasteiger charge is 2.22. The number of rotatable bonds is 7. The van der Waals surface area contributed by atoms with Crippen LogP contribution in [0.3, 0.4) is 0 Å². The van der Waals surface area contributed by atoms with E-state index in [1.165, 1.54) is 17.3 Å². The van der Waals surface area contributed by atoms with Crippen molar-refractivity contribution in [1.82, 2.24) is 14.8 Å². The zero-order chi connectivity index (χ0) is 25.3. The van der Waals surface area contributed by atoms with Crippen LogP contribution >= 0.6 is 11.8 Å². The van der Waals surface area contributed by atoms with E-state index in [9.17, 15) is 4.79 Å². The molecule has 0 unspecified atom stereocenters. The van der Waals surface area contributed by atoms with Gasteiger partial charge in [0.25, 0.3) is 0 Å². The Hall–Kier alpha value is -3.78. The lowest BCUT2D eigenvalue weighted by Crippen LogP contribution is -2.10. The first-order valence-corrected chi connectivity index (χ1v) is 12.6. The molecule has 0 amide bonds. The molecule has 7 nitrogen and oxygen atoms in total. The van der Waals surface area contributed by atoms with Gasteiger partial charge in [0, 0.05) is 17.2 Å². The predicted molar refractivity (Wildman–Crippen MR) is 140 cm³/mol. The molecule has 3 aromatic carbocycles. The molecule has 184 valence electrons. The van der Waals surface area contributed by atoms with Gasteiger partial charge in [0.2, 0.25) is 6.79 Å². The van der Waals surface area contributed by atoms with Crippen molar-refractivity contribution >= 4 is 17.5 Å². The second kappa shape index (κ2) is 9.70. The largest absolute Gasteiger partial charge is 0.497 e. The summed E-state index contributed by atoms with van der Waals surface area (Å²) in [6.07, 6.45) is 0. The lowest BCUT2D eigenvalue weighted by molar-refractivity contribution is 0.102. The Morgan fingerprint density at radius 2 is 1.69 bits per heavy atom. The monoisotopic (exact) mass is 501 g/mol. The number of ether oxygens (including phenoxy) is 3. The third-order valence-electron chi connectivity index (χ3n) is 6.00. The van der Waals surface area contributed by atoms with Gasteiger partial charge in [-0.2, -0.15) is 0 Å². The quantitative estimate of drug-likeness (QED) is 0.229. The summed E-state index contributed by atoms with van der Waals surface area (Å²) in [7, 11) is 1.60. The van der Waals surface area contributed by atoms with E-state index in [-0.39, 0.29) is 23.7 Å². The predicted octanol–water partition coefficient (Wildman–Crippen LogP) is 5.94. The third-order valence-corrected chi connectivity index (χ3v) is 6.93. The number of ketones is 1. The highest BCUT2D eigenvalue weighted by molar-refractivity contribution is 7.99. The zero-order valence-electron chi connectivity index (χ0n) is 20.6. The van der Waals surface area contributed by atoms with E-state index in [1.807, 2.05) is 22.8 Å². The second-order valence-corrected chi connectivity index (χ2v) is 10.4. The number of carbonyl (C=O) groups is 1. The van der Waals surface area contributed by atoms with Gasteiger partial charge in [-0.05, 0) is 47.4 Å². The van der Waals surface area contributed by atoms with Crippen molar-refractivity contribution in [2.24, 2.45) is 0 Å². The number of carbonyl (C=O) groups excluding carboxylic acids is 1. The van der Waals surface area contributed by atoms with Gasteiger partial charge < -0.3 is 14.2 Å². The molecule has 1 aliphatic rings. The summed E-state index contributed by atoms with van der Waals surface area (Å²) in [4.78, 5) is 12.9. The maximum absolute atomic E-state index is 12.9. The molecule has 0 saturated carbocycles. The van der Waals surface area contributed by atoms with E-state index in [0.29, 0.717) is 33.8 Å². The summed E-state index contributed by atoms with van der Waals surface area (Å²) in [6, 6.07) is 21.2. The number of hydrogen-bond donors (Lipinski definition) is 0. The Kier molecular flexibility index (Phi) is 6.45. The first-order valence-electron chi connectivity index (χ1n) is 11.6. The molecular weight excluding hydrogens is 474 g/mol. The van der Waals surface area contributed by atoms with Gasteiger partial charge in [-0.25, -0.2) is 0 Å². The number of aromatic nitrogens is 3. The van der Waals surface area contributed by atoms with Crippen molar-refractivity contribution in [2.45, 2.75) is 31.3 Å². The molecule has 2 heterocycles. The number of nitrogens with zero attached hydrogens (tertiary/aromatic N) is 3. The van der Waals surface area contributed by atoms with Crippen molar-refractivity contribution < 1.29 is 19.0 Å². The van der Waals surface area contributed by atoms with E-state index in [4.69, 9.17) is 14.2 Å². The van der Waals surface area contributed by atoms with Crippen LogP contribution in [0.2, 0.25) is 0 Å². The Bertz CT molecular complexity index is 1390. The molecule has 0 spiro atoms. The molecule has 8 heteroatoms. The van der Waals surface area contributed by atoms with Crippen molar-refractivity contribution in [3.05, 3.63) is 77.9 Å². The maximum atomic E-state index is 12.9. The SMILES string of the molecule is COc1ccc(C(=O)CSc2nnc(-c3ccc(C(C)(C)C)cc3)n2-c2ccc3c(c2)OCO3)cc1. The van der Waals surface area contributed by atoms with Gasteiger partial charge in [0.1, 0.15) is 5.75 Å². The molecule has 1 aliphatic heterocycles. The van der Waals surface area contributed by atoms with Crippen LogP contribution in [0.4, 0.5) is 0 Å². The number of methoxy groups -OCH3 is 1. The van der Waals surface area contributed by atoms with E-state index in [2.05, 4.69) is 55.2 Å². The molecule has 0 N–H and O–H groups in total. The van der Waals surface area contributed by atoms with Gasteiger partial charge in [0.05, 0.1) is 18.6 Å². The van der Waals surface area contributed by atoms with Gasteiger partial charge in [-0.15, -0.1) is 10.2 Å². The van der Waals surface area contributed by atoms with E-state index in [0.717, 1.165) is 11.3 Å².